The smallest absolute Gasteiger partial charge is 0.306 e. The Labute approximate surface area is 230 Å². The van der Waals surface area contributed by atoms with Gasteiger partial charge in [-0.3, -0.25) is 24.5 Å². The molecule has 7 nitrogen and oxygen atoms in total. The number of nitrogen functional groups attached to an aromatic ring is 1. The molecule has 7 heteroatoms. The number of benzene rings is 1. The summed E-state index contributed by atoms with van der Waals surface area (Å²) in [5.74, 6) is 1.39. The van der Waals surface area contributed by atoms with Crippen molar-refractivity contribution in [1.82, 2.24) is 5.32 Å². The zero-order chi connectivity index (χ0) is 28.0. The number of allylic oxidation sites excluding steroid dienone is 4. The zero-order valence-corrected chi connectivity index (χ0v) is 23.3. The highest BCUT2D eigenvalue weighted by Gasteiger charge is 2.56. The minimum atomic E-state index is -0.582. The number of ketones is 1. The van der Waals surface area contributed by atoms with Crippen LogP contribution in [0, 0.1) is 23.2 Å². The monoisotopic (exact) mass is 532 g/mol. The van der Waals surface area contributed by atoms with Crippen LogP contribution >= 0.6 is 0 Å². The number of amides is 2. The molecule has 6 atom stereocenters. The van der Waals surface area contributed by atoms with Gasteiger partial charge in [-0.1, -0.05) is 37.6 Å². The lowest BCUT2D eigenvalue weighted by Gasteiger charge is -2.58. The number of hydrogen-bond donors (Lipinski definition) is 2. The van der Waals surface area contributed by atoms with E-state index in [2.05, 4.69) is 25.2 Å². The summed E-state index contributed by atoms with van der Waals surface area (Å²) in [5, 5.41) is 2.43. The highest BCUT2D eigenvalue weighted by atomic mass is 16.6. The average molecular weight is 533 g/mol. The van der Waals surface area contributed by atoms with Crippen molar-refractivity contribution in [2.75, 3.05) is 5.73 Å². The van der Waals surface area contributed by atoms with E-state index in [0.717, 1.165) is 37.7 Å². The summed E-state index contributed by atoms with van der Waals surface area (Å²) in [6.45, 7) is 6.40. The van der Waals surface area contributed by atoms with Crippen LogP contribution in [0.3, 0.4) is 0 Å². The van der Waals surface area contributed by atoms with Gasteiger partial charge in [0.1, 0.15) is 5.60 Å². The van der Waals surface area contributed by atoms with Gasteiger partial charge >= 0.3 is 5.97 Å². The molecule has 1 unspecified atom stereocenters. The van der Waals surface area contributed by atoms with Crippen LogP contribution in [0.2, 0.25) is 0 Å². The SMILES string of the molecule is CCC1(c2ccc(N)cc2)CCC(=O)NC1=O.C[C@]12C=CC(=O)C=C1CC[C@@H]1[C@@H]2CC[C@]2(C)OC(=O)CC[C@@H]12. The maximum Gasteiger partial charge on any atom is 0.306 e. The normalized spacial score (nSPS) is 37.2. The van der Waals surface area contributed by atoms with Gasteiger partial charge in [0.15, 0.2) is 5.78 Å². The van der Waals surface area contributed by atoms with Crippen molar-refractivity contribution in [2.45, 2.75) is 89.6 Å². The van der Waals surface area contributed by atoms with Gasteiger partial charge in [0.25, 0.3) is 0 Å². The van der Waals surface area contributed by atoms with Crippen molar-refractivity contribution in [3.8, 4) is 0 Å². The lowest BCUT2D eigenvalue weighted by atomic mass is 9.49. The Morgan fingerprint density at radius 1 is 0.949 bits per heavy atom. The van der Waals surface area contributed by atoms with Crippen LogP contribution < -0.4 is 11.1 Å². The summed E-state index contributed by atoms with van der Waals surface area (Å²) >= 11 is 0. The Kier molecular flexibility index (Phi) is 7.06. The van der Waals surface area contributed by atoms with Gasteiger partial charge in [-0.15, -0.1) is 0 Å². The molecule has 0 aromatic heterocycles. The molecule has 2 saturated heterocycles. The molecule has 6 rings (SSSR count). The van der Waals surface area contributed by atoms with E-state index in [1.165, 1.54) is 5.57 Å². The predicted octanol–water partition coefficient (Wildman–Crippen LogP) is 4.94. The fourth-order valence-corrected chi connectivity index (χ4v) is 8.08. The number of rotatable bonds is 2. The summed E-state index contributed by atoms with van der Waals surface area (Å²) in [7, 11) is 0. The maximum atomic E-state index is 12.1. The Bertz CT molecular complexity index is 1250. The fraction of sp³-hybridized carbons (Fsp3) is 0.562. The Hall–Kier alpha value is -3.22. The second-order valence-electron chi connectivity index (χ2n) is 12.4. The summed E-state index contributed by atoms with van der Waals surface area (Å²) < 4.78 is 5.79. The summed E-state index contributed by atoms with van der Waals surface area (Å²) in [5.41, 5.74) is 7.75. The molecule has 39 heavy (non-hydrogen) atoms. The van der Waals surface area contributed by atoms with Crippen molar-refractivity contribution < 1.29 is 23.9 Å². The van der Waals surface area contributed by atoms with Crippen LogP contribution in [0.4, 0.5) is 5.69 Å². The number of ether oxygens (including phenoxy) is 1. The topological polar surface area (TPSA) is 116 Å². The second kappa shape index (κ2) is 10.1. The largest absolute Gasteiger partial charge is 0.459 e. The third-order valence-corrected chi connectivity index (χ3v) is 10.4. The molecule has 3 N–H and O–H groups in total. The number of carbonyl (C=O) groups is 4. The van der Waals surface area contributed by atoms with Gasteiger partial charge in [0.05, 0.1) is 5.41 Å². The summed E-state index contributed by atoms with van der Waals surface area (Å²) in [6.07, 6.45) is 13.1. The van der Waals surface area contributed by atoms with Gasteiger partial charge in [-0.05, 0) is 93.6 Å². The number of hydrogen-bond acceptors (Lipinski definition) is 6. The molecule has 2 heterocycles. The number of nitrogens with two attached hydrogens (primary N) is 1. The van der Waals surface area contributed by atoms with Crippen LogP contribution in [-0.4, -0.2) is 29.2 Å². The van der Waals surface area contributed by atoms with E-state index in [-0.39, 0.29) is 34.6 Å². The molecule has 0 radical (unpaired) electrons. The highest BCUT2D eigenvalue weighted by molar-refractivity contribution is 6.03. The standard InChI is InChI=1S/C19H24O3.C13H16N2O2/c1-18-9-7-13(20)11-12(18)3-4-14-15(18)8-10-19(2)16(14)5-6-17(21)22-19;1-2-13(8-7-11(16)15-12(13)17)9-3-5-10(14)6-4-9/h7,9,11,14-16H,3-6,8,10H2,1-2H3;3-6H,2,7-8,14H2,1H3,(H,15,16,17)/t14-,15+,16+,18+,19+;/m1./s1. The molecule has 2 aliphatic heterocycles. The summed E-state index contributed by atoms with van der Waals surface area (Å²) in [4.78, 5) is 46.7. The van der Waals surface area contributed by atoms with Gasteiger partial charge < -0.3 is 10.5 Å². The highest BCUT2D eigenvalue weighted by Crippen LogP contribution is 2.60. The number of fused-ring (bicyclic) bond motifs is 5. The van der Waals surface area contributed by atoms with E-state index >= 15 is 0 Å². The molecule has 2 saturated carbocycles. The molecule has 5 aliphatic rings. The van der Waals surface area contributed by atoms with E-state index < -0.39 is 5.41 Å². The van der Waals surface area contributed by atoms with Gasteiger partial charge in [0.2, 0.25) is 11.8 Å². The number of piperidine rings is 1. The predicted molar refractivity (Wildman–Crippen MR) is 148 cm³/mol. The first-order chi connectivity index (χ1) is 18.5. The average Bonchev–Trinajstić information content (AvgIpc) is 2.90. The molecule has 4 fully saturated rings. The first-order valence-electron chi connectivity index (χ1n) is 14.4. The molecule has 208 valence electrons. The van der Waals surface area contributed by atoms with E-state index in [0.29, 0.717) is 49.1 Å². The lowest BCUT2D eigenvalue weighted by Crippen LogP contribution is -2.56. The summed E-state index contributed by atoms with van der Waals surface area (Å²) in [6, 6.07) is 7.31. The molecule has 2 amide bonds. The van der Waals surface area contributed by atoms with Gasteiger partial charge in [0, 0.05) is 29.9 Å². The van der Waals surface area contributed by atoms with Crippen LogP contribution in [0.25, 0.3) is 0 Å². The van der Waals surface area contributed by atoms with Crippen molar-refractivity contribution in [1.29, 1.82) is 0 Å². The van der Waals surface area contributed by atoms with E-state index in [1.54, 1.807) is 18.2 Å². The van der Waals surface area contributed by atoms with Crippen molar-refractivity contribution >= 4 is 29.3 Å². The second-order valence-corrected chi connectivity index (χ2v) is 12.4. The molecular weight excluding hydrogens is 492 g/mol. The van der Waals surface area contributed by atoms with Gasteiger partial charge in [-0.25, -0.2) is 0 Å². The maximum absolute atomic E-state index is 12.1. The van der Waals surface area contributed by atoms with Crippen LogP contribution in [0.1, 0.15) is 84.1 Å². The number of esters is 1. The number of nitrogens with one attached hydrogen (secondary N) is 1. The molecule has 1 aromatic carbocycles. The van der Waals surface area contributed by atoms with Gasteiger partial charge in [-0.2, -0.15) is 0 Å². The van der Waals surface area contributed by atoms with E-state index in [9.17, 15) is 19.2 Å². The van der Waals surface area contributed by atoms with Crippen LogP contribution in [0.5, 0.6) is 0 Å². The molecule has 0 bridgehead atoms. The fourth-order valence-electron chi connectivity index (χ4n) is 8.08. The van der Waals surface area contributed by atoms with Crippen molar-refractivity contribution in [2.24, 2.45) is 23.2 Å². The third-order valence-electron chi connectivity index (χ3n) is 10.4. The van der Waals surface area contributed by atoms with E-state index in [4.69, 9.17) is 10.5 Å². The first kappa shape index (κ1) is 27.4. The van der Waals surface area contributed by atoms with Crippen molar-refractivity contribution in [3.63, 3.8) is 0 Å². The zero-order valence-electron chi connectivity index (χ0n) is 23.3. The van der Waals surface area contributed by atoms with E-state index in [1.807, 2.05) is 25.1 Å². The minimum absolute atomic E-state index is 0.0250. The number of imide groups is 1. The lowest BCUT2D eigenvalue weighted by molar-refractivity contribution is -0.192. The Morgan fingerprint density at radius 2 is 1.69 bits per heavy atom. The number of carbonyl (C=O) groups excluding carboxylic acids is 4. The van der Waals surface area contributed by atoms with Crippen molar-refractivity contribution in [3.05, 3.63) is 53.6 Å². The minimum Gasteiger partial charge on any atom is -0.459 e. The first-order valence-corrected chi connectivity index (χ1v) is 14.4. The Balaban J connectivity index is 0.000000164. The molecule has 0 spiro atoms. The molecular formula is C32H40N2O5. The number of anilines is 1. The quantitative estimate of drug-likeness (QED) is 0.317. The molecule has 1 aromatic rings. The molecule has 3 aliphatic carbocycles. The third kappa shape index (κ3) is 4.74. The van der Waals surface area contributed by atoms with Crippen LogP contribution in [-0.2, 0) is 29.3 Å². The van der Waals surface area contributed by atoms with Crippen LogP contribution in [0.15, 0.2) is 48.1 Å². The Morgan fingerprint density at radius 3 is 2.38 bits per heavy atom.